The van der Waals surface area contributed by atoms with Crippen molar-refractivity contribution < 1.29 is 14.8 Å². The molecule has 1 unspecified atom stereocenters. The molecule has 0 aromatic heterocycles. The molecular weight excluding hydrogens is 296 g/mol. The van der Waals surface area contributed by atoms with Gasteiger partial charge in [0.2, 0.25) is 0 Å². The maximum atomic E-state index is 12.2. The molecule has 2 N–H and O–H groups in total. The third-order valence-electron chi connectivity index (χ3n) is 2.82. The van der Waals surface area contributed by atoms with Gasteiger partial charge in [0.15, 0.2) is 0 Å². The van der Waals surface area contributed by atoms with Crippen LogP contribution in [-0.4, -0.2) is 28.6 Å². The van der Waals surface area contributed by atoms with Crippen molar-refractivity contribution in [1.82, 2.24) is 5.32 Å². The third-order valence-corrected chi connectivity index (χ3v) is 3.15. The van der Waals surface area contributed by atoms with Crippen molar-refractivity contribution in [2.75, 3.05) is 6.61 Å². The number of carbonyl (C=O) groups excluding carboxylic acids is 1. The first-order valence-corrected chi connectivity index (χ1v) is 6.87. The van der Waals surface area contributed by atoms with Gasteiger partial charge in [0.05, 0.1) is 28.2 Å². The van der Waals surface area contributed by atoms with Crippen molar-refractivity contribution in [2.24, 2.45) is 5.41 Å². The third kappa shape index (κ3) is 5.32. The lowest BCUT2D eigenvalue weighted by Gasteiger charge is -2.25. The number of hydrogen-bond acceptors (Lipinski definition) is 4. The van der Waals surface area contributed by atoms with Gasteiger partial charge >= 0.3 is 0 Å². The van der Waals surface area contributed by atoms with E-state index >= 15 is 0 Å². The lowest BCUT2D eigenvalue weighted by Crippen LogP contribution is -2.40. The van der Waals surface area contributed by atoms with Gasteiger partial charge in [-0.1, -0.05) is 32.4 Å². The molecule has 1 aromatic rings. The number of nitrogens with zero attached hydrogens (tertiary/aromatic N) is 1. The molecule has 7 heteroatoms. The summed E-state index contributed by atoms with van der Waals surface area (Å²) >= 11 is 5.91. The SMILES string of the molecule is CC(C)(C)CC(CO)NC(=O)c1cc([N+](=O)[O-])ccc1Cl. The summed E-state index contributed by atoms with van der Waals surface area (Å²) in [7, 11) is 0. The van der Waals surface area contributed by atoms with Gasteiger partial charge in [0, 0.05) is 12.1 Å². The number of benzene rings is 1. The Morgan fingerprint density at radius 1 is 1.48 bits per heavy atom. The van der Waals surface area contributed by atoms with E-state index in [0.717, 1.165) is 6.07 Å². The Labute approximate surface area is 128 Å². The van der Waals surface area contributed by atoms with E-state index in [1.54, 1.807) is 0 Å². The highest BCUT2D eigenvalue weighted by molar-refractivity contribution is 6.33. The summed E-state index contributed by atoms with van der Waals surface area (Å²) in [6.07, 6.45) is 0.571. The van der Waals surface area contributed by atoms with E-state index in [2.05, 4.69) is 5.32 Å². The number of nitrogens with one attached hydrogen (secondary N) is 1. The zero-order valence-electron chi connectivity index (χ0n) is 12.2. The highest BCUT2D eigenvalue weighted by Gasteiger charge is 2.22. The number of non-ortho nitro benzene ring substituents is 1. The number of nitro benzene ring substituents is 1. The number of carbonyl (C=O) groups is 1. The first-order chi connectivity index (χ1) is 9.64. The molecule has 1 rings (SSSR count). The highest BCUT2D eigenvalue weighted by Crippen LogP contribution is 2.24. The molecule has 1 atom stereocenters. The van der Waals surface area contributed by atoms with Crippen molar-refractivity contribution in [1.29, 1.82) is 0 Å². The summed E-state index contributed by atoms with van der Waals surface area (Å²) in [5.74, 6) is -0.535. The van der Waals surface area contributed by atoms with Crippen LogP contribution in [0, 0.1) is 15.5 Å². The average molecular weight is 315 g/mol. The van der Waals surface area contributed by atoms with E-state index in [4.69, 9.17) is 11.6 Å². The summed E-state index contributed by atoms with van der Waals surface area (Å²) in [6, 6.07) is 3.24. The lowest BCUT2D eigenvalue weighted by atomic mass is 9.88. The van der Waals surface area contributed by atoms with E-state index < -0.39 is 16.9 Å². The molecule has 0 radical (unpaired) electrons. The second-order valence-electron chi connectivity index (χ2n) is 6.04. The smallest absolute Gasteiger partial charge is 0.270 e. The fourth-order valence-electron chi connectivity index (χ4n) is 1.96. The van der Waals surface area contributed by atoms with Gasteiger partial charge in [-0.25, -0.2) is 0 Å². The predicted molar refractivity (Wildman–Crippen MR) is 80.5 cm³/mol. The van der Waals surface area contributed by atoms with E-state index in [1.807, 2.05) is 20.8 Å². The van der Waals surface area contributed by atoms with Gasteiger partial charge in [0.1, 0.15) is 0 Å². The molecule has 0 saturated heterocycles. The number of halogens is 1. The molecule has 0 bridgehead atoms. The van der Waals surface area contributed by atoms with Crippen LogP contribution in [0.15, 0.2) is 18.2 Å². The minimum Gasteiger partial charge on any atom is -0.394 e. The predicted octanol–water partition coefficient (Wildman–Crippen LogP) is 2.78. The van der Waals surface area contributed by atoms with Crippen LogP contribution in [-0.2, 0) is 0 Å². The van der Waals surface area contributed by atoms with Crippen LogP contribution in [0.2, 0.25) is 5.02 Å². The monoisotopic (exact) mass is 314 g/mol. The highest BCUT2D eigenvalue weighted by atomic mass is 35.5. The second kappa shape index (κ2) is 6.87. The number of hydrogen-bond donors (Lipinski definition) is 2. The Hall–Kier alpha value is -1.66. The zero-order valence-corrected chi connectivity index (χ0v) is 13.0. The van der Waals surface area contributed by atoms with Crippen molar-refractivity contribution in [3.8, 4) is 0 Å². The number of rotatable bonds is 5. The van der Waals surface area contributed by atoms with Crippen molar-refractivity contribution in [3.63, 3.8) is 0 Å². The van der Waals surface area contributed by atoms with Crippen LogP contribution >= 0.6 is 11.6 Å². The molecule has 0 spiro atoms. The molecule has 1 amide bonds. The van der Waals surface area contributed by atoms with Gasteiger partial charge in [-0.3, -0.25) is 14.9 Å². The molecule has 6 nitrogen and oxygen atoms in total. The Morgan fingerprint density at radius 3 is 2.57 bits per heavy atom. The Morgan fingerprint density at radius 2 is 2.10 bits per heavy atom. The van der Waals surface area contributed by atoms with E-state index in [1.165, 1.54) is 12.1 Å². The topological polar surface area (TPSA) is 92.5 Å². The first-order valence-electron chi connectivity index (χ1n) is 6.49. The molecule has 116 valence electrons. The molecule has 0 saturated carbocycles. The quantitative estimate of drug-likeness (QED) is 0.645. The normalized spacial score (nSPS) is 12.8. The Balaban J connectivity index is 2.92. The summed E-state index contributed by atoms with van der Waals surface area (Å²) in [6.45, 7) is 5.75. The van der Waals surface area contributed by atoms with E-state index in [-0.39, 0.29) is 28.3 Å². The summed E-state index contributed by atoms with van der Waals surface area (Å²) < 4.78 is 0. The molecule has 1 aromatic carbocycles. The lowest BCUT2D eigenvalue weighted by molar-refractivity contribution is -0.384. The summed E-state index contributed by atoms with van der Waals surface area (Å²) in [4.78, 5) is 22.3. The maximum absolute atomic E-state index is 12.2. The van der Waals surface area contributed by atoms with Crippen LogP contribution in [0.1, 0.15) is 37.6 Å². The minimum atomic E-state index is -0.591. The number of amides is 1. The van der Waals surface area contributed by atoms with Crippen LogP contribution in [0.5, 0.6) is 0 Å². The van der Waals surface area contributed by atoms with E-state index in [0.29, 0.717) is 6.42 Å². The molecular formula is C14H19ClN2O4. The van der Waals surface area contributed by atoms with E-state index in [9.17, 15) is 20.0 Å². The van der Waals surface area contributed by atoms with Gasteiger partial charge < -0.3 is 10.4 Å². The zero-order chi connectivity index (χ0) is 16.2. The van der Waals surface area contributed by atoms with Crippen LogP contribution < -0.4 is 5.32 Å². The fourth-order valence-corrected chi connectivity index (χ4v) is 2.17. The molecule has 21 heavy (non-hydrogen) atoms. The number of aliphatic hydroxyl groups excluding tert-OH is 1. The molecule has 0 fully saturated rings. The van der Waals surface area contributed by atoms with Crippen molar-refractivity contribution >= 4 is 23.2 Å². The van der Waals surface area contributed by atoms with Crippen LogP contribution in [0.25, 0.3) is 0 Å². The largest absolute Gasteiger partial charge is 0.394 e. The molecule has 0 aliphatic rings. The van der Waals surface area contributed by atoms with Gasteiger partial charge in [0.25, 0.3) is 11.6 Å². The fraction of sp³-hybridized carbons (Fsp3) is 0.500. The number of nitro groups is 1. The standard InChI is InChI=1S/C14H19ClN2O4/c1-14(2,3)7-9(8-18)16-13(19)11-6-10(17(20)21)4-5-12(11)15/h4-6,9,18H,7-8H2,1-3H3,(H,16,19). The van der Waals surface area contributed by atoms with Gasteiger partial charge in [-0.2, -0.15) is 0 Å². The average Bonchev–Trinajstić information content (AvgIpc) is 2.36. The maximum Gasteiger partial charge on any atom is 0.270 e. The molecule has 0 aliphatic carbocycles. The molecule has 0 aliphatic heterocycles. The van der Waals surface area contributed by atoms with Crippen molar-refractivity contribution in [3.05, 3.63) is 38.9 Å². The van der Waals surface area contributed by atoms with Gasteiger partial charge in [-0.15, -0.1) is 0 Å². The molecule has 0 heterocycles. The summed E-state index contributed by atoms with van der Waals surface area (Å²) in [5.41, 5.74) is -0.258. The first kappa shape index (κ1) is 17.4. The Kier molecular flexibility index (Phi) is 5.69. The van der Waals surface area contributed by atoms with Crippen LogP contribution in [0.4, 0.5) is 5.69 Å². The van der Waals surface area contributed by atoms with Crippen molar-refractivity contribution in [2.45, 2.75) is 33.2 Å². The minimum absolute atomic E-state index is 0.0261. The number of aliphatic hydroxyl groups is 1. The summed E-state index contributed by atoms with van der Waals surface area (Å²) in [5, 5.41) is 22.9. The van der Waals surface area contributed by atoms with Gasteiger partial charge in [-0.05, 0) is 17.9 Å². The second-order valence-corrected chi connectivity index (χ2v) is 6.45. The van der Waals surface area contributed by atoms with Crippen LogP contribution in [0.3, 0.4) is 0 Å². The Bertz CT molecular complexity index is 540.